The van der Waals surface area contributed by atoms with Crippen molar-refractivity contribution in [2.24, 2.45) is 10.7 Å². The summed E-state index contributed by atoms with van der Waals surface area (Å²) < 4.78 is 12.3. The minimum atomic E-state index is -0.387. The second kappa shape index (κ2) is 8.12. The van der Waals surface area contributed by atoms with Gasteiger partial charge in [0.1, 0.15) is 22.8 Å². The summed E-state index contributed by atoms with van der Waals surface area (Å²) in [4.78, 5) is 16.9. The number of aliphatic imine (C=N–C) groups is 1. The normalized spacial score (nSPS) is 11.6. The number of carbonyl (C=O) groups excluding carboxylic acids is 1. The van der Waals surface area contributed by atoms with Gasteiger partial charge in [0, 0.05) is 11.6 Å². The third kappa shape index (κ3) is 4.17. The van der Waals surface area contributed by atoms with Crippen LogP contribution in [-0.2, 0) is 6.54 Å². The fraction of sp³-hybridized carbons (Fsp3) is 0.136. The van der Waals surface area contributed by atoms with Gasteiger partial charge in [-0.1, -0.05) is 12.1 Å². The van der Waals surface area contributed by atoms with Crippen LogP contribution in [0, 0.1) is 6.92 Å². The van der Waals surface area contributed by atoms with Crippen molar-refractivity contribution in [3.8, 4) is 5.75 Å². The number of hydrogen-bond acceptors (Lipinski definition) is 5. The van der Waals surface area contributed by atoms with E-state index in [0.717, 1.165) is 28.0 Å². The molecule has 0 spiro atoms. The molecule has 30 heavy (non-hydrogen) atoms. The first-order chi connectivity index (χ1) is 14.5. The van der Waals surface area contributed by atoms with Crippen LogP contribution in [0.2, 0.25) is 0 Å². The molecule has 0 aliphatic heterocycles. The number of nitrogens with two attached hydrogens (primary N) is 1. The molecular formula is C22H21N5O3. The molecule has 8 nitrogen and oxygen atoms in total. The zero-order valence-electron chi connectivity index (χ0n) is 16.6. The lowest BCUT2D eigenvalue weighted by atomic mass is 10.2. The Morgan fingerprint density at radius 2 is 2.00 bits per heavy atom. The second-order valence-electron chi connectivity index (χ2n) is 6.75. The molecular weight excluding hydrogens is 382 g/mol. The van der Waals surface area contributed by atoms with Crippen molar-refractivity contribution in [2.75, 3.05) is 7.11 Å². The summed E-state index contributed by atoms with van der Waals surface area (Å²) in [7, 11) is 1.62. The zero-order chi connectivity index (χ0) is 21.1. The first-order valence-electron chi connectivity index (χ1n) is 9.32. The molecule has 2 heterocycles. The van der Waals surface area contributed by atoms with Crippen molar-refractivity contribution < 1.29 is 13.9 Å². The van der Waals surface area contributed by atoms with E-state index in [1.165, 1.54) is 0 Å². The topological polar surface area (TPSA) is 108 Å². The monoisotopic (exact) mass is 403 g/mol. The maximum Gasteiger partial charge on any atom is 0.276 e. The van der Waals surface area contributed by atoms with E-state index < -0.39 is 0 Å². The molecule has 2 aromatic carbocycles. The highest BCUT2D eigenvalue weighted by atomic mass is 16.5. The maximum absolute atomic E-state index is 12.7. The molecule has 0 bridgehead atoms. The van der Waals surface area contributed by atoms with E-state index in [0.29, 0.717) is 17.9 Å². The van der Waals surface area contributed by atoms with Crippen molar-refractivity contribution in [3.63, 3.8) is 0 Å². The lowest BCUT2D eigenvalue weighted by Gasteiger charge is -2.09. The molecule has 0 aliphatic carbocycles. The number of hydrogen-bond donors (Lipinski definition) is 2. The van der Waals surface area contributed by atoms with Crippen LogP contribution in [-0.4, -0.2) is 28.8 Å². The molecule has 8 heteroatoms. The van der Waals surface area contributed by atoms with Crippen molar-refractivity contribution in [3.05, 3.63) is 77.8 Å². The summed E-state index contributed by atoms with van der Waals surface area (Å²) in [6, 6.07) is 16.6. The van der Waals surface area contributed by atoms with Crippen LogP contribution >= 0.6 is 0 Å². The van der Waals surface area contributed by atoms with Crippen LogP contribution in [0.3, 0.4) is 0 Å². The summed E-state index contributed by atoms with van der Waals surface area (Å²) in [5.74, 6) is 1.20. The van der Waals surface area contributed by atoms with E-state index in [2.05, 4.69) is 15.4 Å². The minimum Gasteiger partial charge on any atom is -0.497 e. The lowest BCUT2D eigenvalue weighted by Crippen LogP contribution is -2.37. The molecule has 0 atom stereocenters. The van der Waals surface area contributed by atoms with Crippen LogP contribution in [0.1, 0.15) is 21.8 Å². The van der Waals surface area contributed by atoms with Gasteiger partial charge in [0.05, 0.1) is 19.3 Å². The number of aromatic nitrogens is 2. The molecule has 0 saturated carbocycles. The average molecular weight is 403 g/mol. The number of fused-ring (bicyclic) bond motifs is 1. The quantitative estimate of drug-likeness (QED) is 0.392. The van der Waals surface area contributed by atoms with Gasteiger partial charge >= 0.3 is 0 Å². The van der Waals surface area contributed by atoms with E-state index in [1.54, 1.807) is 30.1 Å². The second-order valence-corrected chi connectivity index (χ2v) is 6.75. The number of amides is 1. The molecule has 4 rings (SSSR count). The molecule has 152 valence electrons. The molecule has 0 radical (unpaired) electrons. The largest absolute Gasteiger partial charge is 0.497 e. The highest BCUT2D eigenvalue weighted by Crippen LogP contribution is 2.24. The standard InChI is InChI=1S/C22H21N5O3/c1-14-11-16-12-17(5-8-20(16)30-14)25-22(23)26-21(28)19-9-10-24-27(19)13-15-3-6-18(29-2)7-4-15/h3-12H,13H2,1-2H3,(H3,23,25,26,28). The number of methoxy groups -OCH3 is 1. The van der Waals surface area contributed by atoms with E-state index in [-0.39, 0.29) is 11.9 Å². The number of guanidine groups is 1. The van der Waals surface area contributed by atoms with Gasteiger partial charge in [0.15, 0.2) is 0 Å². The van der Waals surface area contributed by atoms with E-state index in [4.69, 9.17) is 14.9 Å². The number of nitrogens with one attached hydrogen (secondary N) is 1. The maximum atomic E-state index is 12.7. The van der Waals surface area contributed by atoms with Crippen LogP contribution in [0.25, 0.3) is 11.0 Å². The van der Waals surface area contributed by atoms with Crippen molar-refractivity contribution in [1.29, 1.82) is 0 Å². The molecule has 0 fully saturated rings. The van der Waals surface area contributed by atoms with Crippen molar-refractivity contribution >= 4 is 28.5 Å². The molecule has 3 N–H and O–H groups in total. The number of benzene rings is 2. The van der Waals surface area contributed by atoms with Gasteiger partial charge in [0.2, 0.25) is 5.96 Å². The first-order valence-corrected chi connectivity index (χ1v) is 9.32. The number of ether oxygens (including phenoxy) is 1. The lowest BCUT2D eigenvalue weighted by molar-refractivity contribution is 0.0966. The summed E-state index contributed by atoms with van der Waals surface area (Å²) >= 11 is 0. The van der Waals surface area contributed by atoms with Gasteiger partial charge in [-0.15, -0.1) is 0 Å². The molecule has 0 aliphatic rings. The van der Waals surface area contributed by atoms with Gasteiger partial charge < -0.3 is 14.9 Å². The predicted octanol–water partition coefficient (Wildman–Crippen LogP) is 3.37. The van der Waals surface area contributed by atoms with E-state index in [9.17, 15) is 4.79 Å². The van der Waals surface area contributed by atoms with Gasteiger partial charge in [-0.05, 0) is 55.0 Å². The van der Waals surface area contributed by atoms with E-state index in [1.807, 2.05) is 49.4 Å². The first kappa shape index (κ1) is 19.3. The Balaban J connectivity index is 1.47. The predicted molar refractivity (Wildman–Crippen MR) is 114 cm³/mol. The van der Waals surface area contributed by atoms with Crippen molar-refractivity contribution in [2.45, 2.75) is 13.5 Å². The Morgan fingerprint density at radius 3 is 2.77 bits per heavy atom. The van der Waals surface area contributed by atoms with Gasteiger partial charge in [-0.3, -0.25) is 14.8 Å². The molecule has 0 unspecified atom stereocenters. The van der Waals surface area contributed by atoms with Crippen LogP contribution in [0.4, 0.5) is 5.69 Å². The number of aryl methyl sites for hydroxylation is 1. The third-order valence-electron chi connectivity index (χ3n) is 4.55. The zero-order valence-corrected chi connectivity index (χ0v) is 16.6. The Bertz CT molecular complexity index is 1220. The highest BCUT2D eigenvalue weighted by molar-refractivity contribution is 6.05. The van der Waals surface area contributed by atoms with Crippen LogP contribution in [0.15, 0.2) is 70.2 Å². The van der Waals surface area contributed by atoms with Gasteiger partial charge in [-0.2, -0.15) is 5.10 Å². The third-order valence-corrected chi connectivity index (χ3v) is 4.55. The highest BCUT2D eigenvalue weighted by Gasteiger charge is 2.13. The Labute approximate surface area is 173 Å². The summed E-state index contributed by atoms with van der Waals surface area (Å²) in [6.45, 7) is 2.32. The number of nitrogens with zero attached hydrogens (tertiary/aromatic N) is 3. The van der Waals surface area contributed by atoms with Crippen molar-refractivity contribution in [1.82, 2.24) is 15.1 Å². The molecule has 2 aromatic heterocycles. The fourth-order valence-corrected chi connectivity index (χ4v) is 3.14. The van der Waals surface area contributed by atoms with E-state index >= 15 is 0 Å². The molecule has 0 saturated heterocycles. The number of furan rings is 1. The minimum absolute atomic E-state index is 0.00300. The Kier molecular flexibility index (Phi) is 5.21. The smallest absolute Gasteiger partial charge is 0.276 e. The number of rotatable bonds is 5. The Morgan fingerprint density at radius 1 is 1.20 bits per heavy atom. The van der Waals surface area contributed by atoms with Crippen LogP contribution < -0.4 is 15.8 Å². The van der Waals surface area contributed by atoms with Crippen LogP contribution in [0.5, 0.6) is 5.75 Å². The number of carbonyl (C=O) groups is 1. The van der Waals surface area contributed by atoms with Gasteiger partial charge in [0.25, 0.3) is 5.91 Å². The SMILES string of the molecule is COc1ccc(Cn2nccc2C(=O)NC(N)=Nc2ccc3oc(C)cc3c2)cc1. The summed E-state index contributed by atoms with van der Waals surface area (Å²) in [5.41, 5.74) is 8.71. The Hall–Kier alpha value is -4.07. The molecule has 4 aromatic rings. The van der Waals surface area contributed by atoms with Gasteiger partial charge in [-0.25, -0.2) is 4.99 Å². The summed E-state index contributed by atoms with van der Waals surface area (Å²) in [5, 5.41) is 7.77. The average Bonchev–Trinajstić information content (AvgIpc) is 3.33. The fourth-order valence-electron chi connectivity index (χ4n) is 3.14. The summed E-state index contributed by atoms with van der Waals surface area (Å²) in [6.07, 6.45) is 1.57. The molecule has 1 amide bonds.